The monoisotopic (exact) mass is 311 g/mol. The molecule has 3 aliphatic rings. The lowest BCUT2D eigenvalue weighted by atomic mass is 9.86. The second-order valence-electron chi connectivity index (χ2n) is 6.96. The van der Waals surface area contributed by atoms with Gasteiger partial charge in [0.25, 0.3) is 0 Å². The summed E-state index contributed by atoms with van der Waals surface area (Å²) in [5.41, 5.74) is 1.56. The lowest BCUT2D eigenvalue weighted by Crippen LogP contribution is -2.21. The maximum atomic E-state index is 4.73. The molecule has 0 bridgehead atoms. The number of hydrogen-bond donors (Lipinski definition) is 0. The van der Waals surface area contributed by atoms with Gasteiger partial charge in [0.05, 0.1) is 5.39 Å². The predicted molar refractivity (Wildman–Crippen MR) is 91.6 cm³/mol. The van der Waals surface area contributed by atoms with Crippen molar-refractivity contribution in [3.05, 3.63) is 28.9 Å². The third-order valence-corrected chi connectivity index (χ3v) is 6.85. The van der Waals surface area contributed by atoms with Gasteiger partial charge in [-0.05, 0) is 55.9 Å². The van der Waals surface area contributed by atoms with Crippen molar-refractivity contribution in [2.45, 2.75) is 38.5 Å². The highest BCUT2D eigenvalue weighted by atomic mass is 32.1. The fourth-order valence-electron chi connectivity index (χ4n) is 4.50. The minimum absolute atomic E-state index is 0.824. The van der Waals surface area contributed by atoms with Crippen LogP contribution in [0.15, 0.2) is 18.5 Å². The van der Waals surface area contributed by atoms with Gasteiger partial charge < -0.3 is 4.90 Å². The molecule has 22 heavy (non-hydrogen) atoms. The van der Waals surface area contributed by atoms with Crippen molar-refractivity contribution >= 4 is 27.4 Å². The second-order valence-corrected chi connectivity index (χ2v) is 8.04. The molecule has 3 nitrogen and oxygen atoms in total. The van der Waals surface area contributed by atoms with E-state index in [1.54, 1.807) is 16.8 Å². The summed E-state index contributed by atoms with van der Waals surface area (Å²) < 4.78 is 0. The molecule has 1 saturated heterocycles. The number of anilines is 1. The van der Waals surface area contributed by atoms with Crippen LogP contribution in [0.2, 0.25) is 0 Å². The Morgan fingerprint density at radius 3 is 2.59 bits per heavy atom. The van der Waals surface area contributed by atoms with Crippen molar-refractivity contribution < 1.29 is 0 Å². The number of fused-ring (bicyclic) bond motifs is 4. The second kappa shape index (κ2) is 5.05. The van der Waals surface area contributed by atoms with Crippen LogP contribution in [-0.4, -0.2) is 23.1 Å². The molecule has 0 saturated carbocycles. The summed E-state index contributed by atoms with van der Waals surface area (Å²) >= 11 is 1.91. The third kappa shape index (κ3) is 1.93. The van der Waals surface area contributed by atoms with Gasteiger partial charge >= 0.3 is 0 Å². The number of aryl methyl sites for hydroxylation is 2. The molecule has 0 N–H and O–H groups in total. The van der Waals surface area contributed by atoms with Crippen LogP contribution in [0.25, 0.3) is 10.2 Å². The molecule has 0 aromatic carbocycles. The Labute approximate surface area is 135 Å². The highest BCUT2D eigenvalue weighted by Crippen LogP contribution is 2.42. The molecule has 2 unspecified atom stereocenters. The number of allylic oxidation sites excluding steroid dienone is 2. The van der Waals surface area contributed by atoms with Crippen molar-refractivity contribution in [1.82, 2.24) is 9.97 Å². The topological polar surface area (TPSA) is 29.0 Å². The molecule has 0 spiro atoms. The number of thiophene rings is 1. The standard InChI is InChI=1S/C18H21N3S/c1-2-6-13-10-21(9-12(13)5-1)17-16-14-7-3-4-8-15(14)22-18(16)20-11-19-17/h1-2,11-13H,3-10H2. The van der Waals surface area contributed by atoms with Gasteiger partial charge in [0, 0.05) is 18.0 Å². The molecule has 1 fully saturated rings. The zero-order valence-electron chi connectivity index (χ0n) is 12.8. The maximum Gasteiger partial charge on any atom is 0.141 e. The van der Waals surface area contributed by atoms with Crippen molar-refractivity contribution in [3.63, 3.8) is 0 Å². The lowest BCUT2D eigenvalue weighted by Gasteiger charge is -2.19. The number of nitrogens with zero attached hydrogens (tertiary/aromatic N) is 3. The summed E-state index contributed by atoms with van der Waals surface area (Å²) in [5.74, 6) is 2.87. The van der Waals surface area contributed by atoms with Gasteiger partial charge in [-0.1, -0.05) is 12.2 Å². The van der Waals surface area contributed by atoms with Crippen LogP contribution in [-0.2, 0) is 12.8 Å². The molecule has 114 valence electrons. The zero-order valence-corrected chi connectivity index (χ0v) is 13.6. The quantitative estimate of drug-likeness (QED) is 0.746. The van der Waals surface area contributed by atoms with E-state index in [1.807, 2.05) is 11.3 Å². The van der Waals surface area contributed by atoms with Crippen molar-refractivity contribution in [1.29, 1.82) is 0 Å². The van der Waals surface area contributed by atoms with E-state index in [1.165, 1.54) is 67.6 Å². The average Bonchev–Trinajstić information content (AvgIpc) is 3.15. The van der Waals surface area contributed by atoms with Crippen LogP contribution in [0.4, 0.5) is 5.82 Å². The molecule has 2 aromatic heterocycles. The molecule has 3 heterocycles. The first kappa shape index (κ1) is 13.1. The third-order valence-electron chi connectivity index (χ3n) is 5.65. The van der Waals surface area contributed by atoms with E-state index in [2.05, 4.69) is 22.0 Å². The first-order chi connectivity index (χ1) is 10.9. The molecule has 4 heteroatoms. The normalized spacial score (nSPS) is 27.2. The van der Waals surface area contributed by atoms with E-state index >= 15 is 0 Å². The average molecular weight is 311 g/mol. The number of aromatic nitrogens is 2. The molecule has 2 aliphatic carbocycles. The molecule has 0 amide bonds. The number of hydrogen-bond acceptors (Lipinski definition) is 4. The Balaban J connectivity index is 1.58. The zero-order chi connectivity index (χ0) is 14.5. The summed E-state index contributed by atoms with van der Waals surface area (Å²) in [6, 6.07) is 0. The van der Waals surface area contributed by atoms with Gasteiger partial charge in [0.15, 0.2) is 0 Å². The summed E-state index contributed by atoms with van der Waals surface area (Å²) in [6.45, 7) is 2.34. The Morgan fingerprint density at radius 1 is 1.00 bits per heavy atom. The van der Waals surface area contributed by atoms with Crippen LogP contribution in [0.1, 0.15) is 36.1 Å². The van der Waals surface area contributed by atoms with Crippen molar-refractivity contribution in [3.8, 4) is 0 Å². The van der Waals surface area contributed by atoms with Crippen LogP contribution < -0.4 is 4.90 Å². The summed E-state index contributed by atoms with van der Waals surface area (Å²) in [4.78, 5) is 14.6. The Morgan fingerprint density at radius 2 is 1.77 bits per heavy atom. The fraction of sp³-hybridized carbons (Fsp3) is 0.556. The van der Waals surface area contributed by atoms with Crippen LogP contribution in [0, 0.1) is 11.8 Å². The Hall–Kier alpha value is -1.42. The molecule has 2 atom stereocenters. The van der Waals surface area contributed by atoms with E-state index in [4.69, 9.17) is 4.98 Å². The summed E-state index contributed by atoms with van der Waals surface area (Å²) in [5, 5.41) is 1.38. The molecular weight excluding hydrogens is 290 g/mol. The van der Waals surface area contributed by atoms with Crippen LogP contribution >= 0.6 is 11.3 Å². The van der Waals surface area contributed by atoms with E-state index in [9.17, 15) is 0 Å². The lowest BCUT2D eigenvalue weighted by molar-refractivity contribution is 0.411. The van der Waals surface area contributed by atoms with E-state index in [-0.39, 0.29) is 0 Å². The summed E-state index contributed by atoms with van der Waals surface area (Å²) in [7, 11) is 0. The van der Waals surface area contributed by atoms with Gasteiger partial charge in [0.1, 0.15) is 17.0 Å². The highest BCUT2D eigenvalue weighted by molar-refractivity contribution is 7.19. The van der Waals surface area contributed by atoms with Crippen molar-refractivity contribution in [2.75, 3.05) is 18.0 Å². The van der Waals surface area contributed by atoms with Gasteiger partial charge in [-0.2, -0.15) is 0 Å². The first-order valence-corrected chi connectivity index (χ1v) is 9.37. The number of rotatable bonds is 1. The van der Waals surface area contributed by atoms with Gasteiger partial charge in [-0.25, -0.2) is 9.97 Å². The minimum atomic E-state index is 0.824. The van der Waals surface area contributed by atoms with E-state index < -0.39 is 0 Å². The molecule has 5 rings (SSSR count). The summed E-state index contributed by atoms with van der Waals surface area (Å²) in [6.07, 6.45) is 14.1. The van der Waals surface area contributed by atoms with Gasteiger partial charge in [-0.3, -0.25) is 0 Å². The van der Waals surface area contributed by atoms with Crippen LogP contribution in [0.5, 0.6) is 0 Å². The predicted octanol–water partition coefficient (Wildman–Crippen LogP) is 3.97. The fourth-order valence-corrected chi connectivity index (χ4v) is 5.72. The molecule has 2 aromatic rings. The largest absolute Gasteiger partial charge is 0.355 e. The van der Waals surface area contributed by atoms with Crippen LogP contribution in [0.3, 0.4) is 0 Å². The molecule has 0 radical (unpaired) electrons. The van der Waals surface area contributed by atoms with Gasteiger partial charge in [0.2, 0.25) is 0 Å². The van der Waals surface area contributed by atoms with Crippen molar-refractivity contribution in [2.24, 2.45) is 11.8 Å². The van der Waals surface area contributed by atoms with Gasteiger partial charge in [-0.15, -0.1) is 11.3 Å². The SMILES string of the molecule is C1=CCC2CN(c3ncnc4sc5c(c34)CCCC5)CC2C1. The maximum absolute atomic E-state index is 4.73. The molecular formula is C18H21N3S. The Kier molecular flexibility index (Phi) is 3.00. The minimum Gasteiger partial charge on any atom is -0.355 e. The van der Waals surface area contributed by atoms with E-state index in [0.717, 1.165) is 11.8 Å². The Bertz CT molecular complexity index is 732. The van der Waals surface area contributed by atoms with E-state index in [0.29, 0.717) is 0 Å². The highest BCUT2D eigenvalue weighted by Gasteiger charge is 2.34. The first-order valence-electron chi connectivity index (χ1n) is 8.55. The molecule has 1 aliphatic heterocycles. The smallest absolute Gasteiger partial charge is 0.141 e.